The maximum absolute atomic E-state index is 6.11. The molecule has 0 fully saturated rings. The normalized spacial score (nSPS) is 10.7. The van der Waals surface area contributed by atoms with Crippen LogP contribution in [0.25, 0.3) is 10.9 Å². The second-order valence-electron chi connectivity index (χ2n) is 4.22. The van der Waals surface area contributed by atoms with Crippen molar-refractivity contribution in [2.24, 2.45) is 0 Å². The fourth-order valence-electron chi connectivity index (χ4n) is 1.88. The van der Waals surface area contributed by atoms with Gasteiger partial charge in [-0.3, -0.25) is 0 Å². The number of hydrogen-bond acceptors (Lipinski definition) is 3. The third-order valence-electron chi connectivity index (χ3n) is 2.88. The lowest BCUT2D eigenvalue weighted by atomic mass is 10.2. The van der Waals surface area contributed by atoms with Crippen molar-refractivity contribution >= 4 is 38.4 Å². The lowest BCUT2D eigenvalue weighted by Crippen LogP contribution is -1.99. The topological polar surface area (TPSA) is 35.0 Å². The summed E-state index contributed by atoms with van der Waals surface area (Å²) in [6.45, 7) is 0.373. The molecule has 0 aliphatic rings. The summed E-state index contributed by atoms with van der Waals surface area (Å²) < 4.78 is 6.75. The number of benzene rings is 2. The molecule has 2 aromatic carbocycles. The lowest BCUT2D eigenvalue weighted by molar-refractivity contribution is 0.297. The summed E-state index contributed by atoms with van der Waals surface area (Å²) in [7, 11) is 0. The molecule has 0 saturated carbocycles. The van der Waals surface area contributed by atoms with Crippen LogP contribution in [-0.2, 0) is 6.61 Å². The van der Waals surface area contributed by atoms with E-state index in [0.717, 1.165) is 20.9 Å². The average Bonchev–Trinajstić information content (AvgIpc) is 2.46. The van der Waals surface area contributed by atoms with Crippen LogP contribution in [0.5, 0.6) is 5.88 Å². The summed E-state index contributed by atoms with van der Waals surface area (Å²) in [6.07, 6.45) is 1.50. The molecule has 1 aromatic heterocycles. The fourth-order valence-corrected chi connectivity index (χ4v) is 2.43. The molecule has 0 unspecified atom stereocenters. The van der Waals surface area contributed by atoms with Gasteiger partial charge in [-0.15, -0.1) is 0 Å². The van der Waals surface area contributed by atoms with Gasteiger partial charge < -0.3 is 4.74 Å². The summed E-state index contributed by atoms with van der Waals surface area (Å²) >= 11 is 9.56. The van der Waals surface area contributed by atoms with Crippen LogP contribution in [0.15, 0.2) is 53.3 Å². The maximum Gasteiger partial charge on any atom is 0.224 e. The minimum absolute atomic E-state index is 0.373. The van der Waals surface area contributed by atoms with Gasteiger partial charge in [-0.05, 0) is 24.3 Å². The van der Waals surface area contributed by atoms with Gasteiger partial charge in [-0.2, -0.15) is 0 Å². The van der Waals surface area contributed by atoms with E-state index in [1.54, 1.807) is 0 Å². The SMILES string of the molecule is Clc1ccccc1COc1ncnc2ccc(Br)cc12. The Hall–Kier alpha value is -1.65. The molecule has 0 radical (unpaired) electrons. The molecule has 0 saturated heterocycles. The van der Waals surface area contributed by atoms with Crippen molar-refractivity contribution in [2.75, 3.05) is 0 Å². The highest BCUT2D eigenvalue weighted by molar-refractivity contribution is 9.10. The zero-order valence-electron chi connectivity index (χ0n) is 10.4. The van der Waals surface area contributed by atoms with Crippen molar-refractivity contribution in [1.29, 1.82) is 0 Å². The number of aromatic nitrogens is 2. The first kappa shape index (κ1) is 13.3. The summed E-state index contributed by atoms with van der Waals surface area (Å²) in [5.74, 6) is 0.552. The second-order valence-corrected chi connectivity index (χ2v) is 5.54. The molecule has 0 spiro atoms. The van der Waals surface area contributed by atoms with E-state index in [9.17, 15) is 0 Å². The highest BCUT2D eigenvalue weighted by Crippen LogP contribution is 2.26. The summed E-state index contributed by atoms with van der Waals surface area (Å²) in [6, 6.07) is 13.4. The zero-order chi connectivity index (χ0) is 13.9. The van der Waals surface area contributed by atoms with Gasteiger partial charge in [0.2, 0.25) is 5.88 Å². The molecular weight excluding hydrogens is 340 g/mol. The number of ether oxygens (including phenoxy) is 1. The Labute approximate surface area is 129 Å². The number of nitrogens with zero attached hydrogens (tertiary/aromatic N) is 2. The molecular formula is C15H10BrClN2O. The fraction of sp³-hybridized carbons (Fsp3) is 0.0667. The van der Waals surface area contributed by atoms with Crippen molar-refractivity contribution in [3.8, 4) is 5.88 Å². The highest BCUT2D eigenvalue weighted by Gasteiger charge is 2.07. The van der Waals surface area contributed by atoms with E-state index in [2.05, 4.69) is 25.9 Å². The molecule has 3 nitrogen and oxygen atoms in total. The third-order valence-corrected chi connectivity index (χ3v) is 3.75. The second kappa shape index (κ2) is 5.77. The molecule has 1 heterocycles. The Kier molecular flexibility index (Phi) is 3.85. The van der Waals surface area contributed by atoms with Gasteiger partial charge >= 0.3 is 0 Å². The maximum atomic E-state index is 6.11. The number of fused-ring (bicyclic) bond motifs is 1. The van der Waals surface area contributed by atoms with Crippen LogP contribution in [0, 0.1) is 0 Å². The number of hydrogen-bond donors (Lipinski definition) is 0. The van der Waals surface area contributed by atoms with Gasteiger partial charge in [0.15, 0.2) is 0 Å². The van der Waals surface area contributed by atoms with Crippen LogP contribution in [0.4, 0.5) is 0 Å². The summed E-state index contributed by atoms with van der Waals surface area (Å²) in [5, 5.41) is 1.56. The molecule has 3 aromatic rings. The monoisotopic (exact) mass is 348 g/mol. The van der Waals surface area contributed by atoms with Crippen LogP contribution in [0.2, 0.25) is 5.02 Å². The van der Waals surface area contributed by atoms with Gasteiger partial charge in [0.05, 0.1) is 10.9 Å². The minimum atomic E-state index is 0.373. The quantitative estimate of drug-likeness (QED) is 0.692. The molecule has 5 heteroatoms. The van der Waals surface area contributed by atoms with Crippen molar-refractivity contribution in [3.05, 3.63) is 63.9 Å². The van der Waals surface area contributed by atoms with Gasteiger partial charge in [-0.25, -0.2) is 9.97 Å². The Morgan fingerprint density at radius 3 is 2.80 bits per heavy atom. The average molecular weight is 350 g/mol. The van der Waals surface area contributed by atoms with E-state index in [0.29, 0.717) is 17.5 Å². The van der Waals surface area contributed by atoms with Crippen LogP contribution in [-0.4, -0.2) is 9.97 Å². The van der Waals surface area contributed by atoms with E-state index >= 15 is 0 Å². The lowest BCUT2D eigenvalue weighted by Gasteiger charge is -2.09. The van der Waals surface area contributed by atoms with Crippen LogP contribution in [0.3, 0.4) is 0 Å². The van der Waals surface area contributed by atoms with E-state index < -0.39 is 0 Å². The Morgan fingerprint density at radius 1 is 1.10 bits per heavy atom. The molecule has 0 bridgehead atoms. The first-order valence-corrected chi connectivity index (χ1v) is 7.17. The largest absolute Gasteiger partial charge is 0.472 e. The summed E-state index contributed by atoms with van der Waals surface area (Å²) in [5.41, 5.74) is 1.77. The Bertz CT molecular complexity index is 764. The zero-order valence-corrected chi connectivity index (χ0v) is 12.7. The first-order chi connectivity index (χ1) is 9.74. The smallest absolute Gasteiger partial charge is 0.224 e. The third kappa shape index (κ3) is 2.76. The van der Waals surface area contributed by atoms with Gasteiger partial charge in [-0.1, -0.05) is 45.7 Å². The van der Waals surface area contributed by atoms with Crippen molar-refractivity contribution in [2.45, 2.75) is 6.61 Å². The predicted molar refractivity (Wildman–Crippen MR) is 83.0 cm³/mol. The molecule has 0 aliphatic carbocycles. The molecule has 0 atom stereocenters. The molecule has 0 aliphatic heterocycles. The number of rotatable bonds is 3. The van der Waals surface area contributed by atoms with Crippen LogP contribution >= 0.6 is 27.5 Å². The Morgan fingerprint density at radius 2 is 1.95 bits per heavy atom. The van der Waals surface area contributed by atoms with E-state index in [-0.39, 0.29) is 0 Å². The molecule has 0 amide bonds. The van der Waals surface area contributed by atoms with E-state index in [1.165, 1.54) is 6.33 Å². The van der Waals surface area contributed by atoms with E-state index in [4.69, 9.17) is 16.3 Å². The highest BCUT2D eigenvalue weighted by atomic mass is 79.9. The Balaban J connectivity index is 1.91. The summed E-state index contributed by atoms with van der Waals surface area (Å²) in [4.78, 5) is 8.41. The number of halogens is 2. The molecule has 0 N–H and O–H groups in total. The first-order valence-electron chi connectivity index (χ1n) is 6.00. The van der Waals surface area contributed by atoms with Gasteiger partial charge in [0.25, 0.3) is 0 Å². The molecule has 20 heavy (non-hydrogen) atoms. The van der Waals surface area contributed by atoms with Gasteiger partial charge in [0, 0.05) is 15.1 Å². The standard InChI is InChI=1S/C15H10BrClN2O/c16-11-5-6-14-12(7-11)15(19-9-18-14)20-8-10-3-1-2-4-13(10)17/h1-7,9H,8H2. The van der Waals surface area contributed by atoms with Crippen LogP contribution in [0.1, 0.15) is 5.56 Å². The molecule has 3 rings (SSSR count). The van der Waals surface area contributed by atoms with Crippen molar-refractivity contribution in [3.63, 3.8) is 0 Å². The minimum Gasteiger partial charge on any atom is -0.472 e. The predicted octanol–water partition coefficient (Wildman–Crippen LogP) is 4.62. The van der Waals surface area contributed by atoms with E-state index in [1.807, 2.05) is 42.5 Å². The van der Waals surface area contributed by atoms with Crippen molar-refractivity contribution < 1.29 is 4.74 Å². The van der Waals surface area contributed by atoms with Crippen molar-refractivity contribution in [1.82, 2.24) is 9.97 Å². The van der Waals surface area contributed by atoms with Crippen LogP contribution < -0.4 is 4.74 Å². The van der Waals surface area contributed by atoms with Gasteiger partial charge in [0.1, 0.15) is 12.9 Å². The molecule has 100 valence electrons.